The molecule has 0 aliphatic heterocycles. The molecule has 0 atom stereocenters. The summed E-state index contributed by atoms with van der Waals surface area (Å²) in [6.07, 6.45) is 2.97. The average molecular weight is 273 g/mol. The third-order valence-corrected chi connectivity index (χ3v) is 3.52. The number of aromatic nitrogens is 2. The first-order valence-electron chi connectivity index (χ1n) is 5.36. The number of sulfonamides is 1. The Bertz CT molecular complexity index is 498. The molecule has 0 spiro atoms. The lowest BCUT2D eigenvalue weighted by Crippen LogP contribution is -2.26. The van der Waals surface area contributed by atoms with E-state index < -0.39 is 16.0 Å². The number of rotatable bonds is 7. The zero-order chi connectivity index (χ0) is 13.6. The molecular formula is C10H15N3O4S. The van der Waals surface area contributed by atoms with Crippen LogP contribution >= 0.6 is 0 Å². The van der Waals surface area contributed by atoms with E-state index in [1.54, 1.807) is 13.1 Å². The van der Waals surface area contributed by atoms with Gasteiger partial charge in [-0.25, -0.2) is 13.1 Å². The summed E-state index contributed by atoms with van der Waals surface area (Å²) in [7, 11) is -3.47. The minimum Gasteiger partial charge on any atom is -0.481 e. The van der Waals surface area contributed by atoms with Gasteiger partial charge in [0.2, 0.25) is 10.0 Å². The third-order valence-electron chi connectivity index (χ3n) is 2.11. The molecule has 0 aliphatic rings. The van der Waals surface area contributed by atoms with E-state index in [1.165, 1.54) is 6.20 Å². The number of aryl methyl sites for hydroxylation is 1. The number of nitrogens with zero attached hydrogens (tertiary/aromatic N) is 2. The first-order chi connectivity index (χ1) is 8.39. The van der Waals surface area contributed by atoms with Crippen molar-refractivity contribution in [1.82, 2.24) is 14.7 Å². The largest absolute Gasteiger partial charge is 0.481 e. The van der Waals surface area contributed by atoms with Crippen LogP contribution in [-0.4, -0.2) is 35.2 Å². The van der Waals surface area contributed by atoms with Crippen LogP contribution in [0.25, 0.3) is 0 Å². The molecule has 1 rings (SSSR count). The fourth-order valence-corrected chi connectivity index (χ4v) is 2.22. The molecule has 0 radical (unpaired) electrons. The average Bonchev–Trinajstić information content (AvgIpc) is 2.27. The predicted molar refractivity (Wildman–Crippen MR) is 64.3 cm³/mol. The van der Waals surface area contributed by atoms with Crippen molar-refractivity contribution in [3.05, 3.63) is 23.8 Å². The summed E-state index contributed by atoms with van der Waals surface area (Å²) in [4.78, 5) is 18.3. The van der Waals surface area contributed by atoms with Gasteiger partial charge in [-0.1, -0.05) is 0 Å². The van der Waals surface area contributed by atoms with Crippen LogP contribution in [0.15, 0.2) is 12.4 Å². The number of hydrogen-bond acceptors (Lipinski definition) is 5. The number of aliphatic carboxylic acids is 1. The van der Waals surface area contributed by atoms with E-state index in [0.29, 0.717) is 5.69 Å². The van der Waals surface area contributed by atoms with Gasteiger partial charge in [0.15, 0.2) is 0 Å². The molecule has 7 nitrogen and oxygen atoms in total. The highest BCUT2D eigenvalue weighted by molar-refractivity contribution is 7.89. The maximum absolute atomic E-state index is 11.5. The molecule has 0 amide bonds. The summed E-state index contributed by atoms with van der Waals surface area (Å²) in [5.74, 6) is -1.21. The van der Waals surface area contributed by atoms with Crippen molar-refractivity contribution in [1.29, 1.82) is 0 Å². The van der Waals surface area contributed by atoms with Crippen LogP contribution in [0.5, 0.6) is 0 Å². The van der Waals surface area contributed by atoms with Crippen LogP contribution in [0.1, 0.15) is 24.2 Å². The molecule has 1 aromatic rings. The van der Waals surface area contributed by atoms with Gasteiger partial charge in [0.25, 0.3) is 0 Å². The van der Waals surface area contributed by atoms with Crippen LogP contribution in [-0.2, 0) is 21.4 Å². The first-order valence-corrected chi connectivity index (χ1v) is 7.01. The SMILES string of the molecule is Cc1cnc(CNS(=O)(=O)CCCC(=O)O)cn1. The van der Waals surface area contributed by atoms with Crippen LogP contribution in [0.2, 0.25) is 0 Å². The quantitative estimate of drug-likeness (QED) is 0.727. The molecule has 0 saturated carbocycles. The normalized spacial score (nSPS) is 11.4. The third kappa shape index (κ3) is 5.69. The van der Waals surface area contributed by atoms with Crippen molar-refractivity contribution < 1.29 is 18.3 Å². The highest BCUT2D eigenvalue weighted by Crippen LogP contribution is 1.98. The minimum absolute atomic E-state index is 0.0582. The van der Waals surface area contributed by atoms with E-state index in [1.807, 2.05) is 0 Å². The molecule has 2 N–H and O–H groups in total. The van der Waals surface area contributed by atoms with Gasteiger partial charge in [0.05, 0.1) is 29.9 Å². The van der Waals surface area contributed by atoms with Gasteiger partial charge in [-0.05, 0) is 13.3 Å². The van der Waals surface area contributed by atoms with Crippen LogP contribution in [0.4, 0.5) is 0 Å². The summed E-state index contributed by atoms with van der Waals surface area (Å²) >= 11 is 0. The van der Waals surface area contributed by atoms with Gasteiger partial charge in [-0.2, -0.15) is 0 Å². The van der Waals surface area contributed by atoms with E-state index in [0.717, 1.165) is 5.69 Å². The van der Waals surface area contributed by atoms with Crippen molar-refractivity contribution >= 4 is 16.0 Å². The summed E-state index contributed by atoms with van der Waals surface area (Å²) in [6, 6.07) is 0. The topological polar surface area (TPSA) is 109 Å². The molecular weight excluding hydrogens is 258 g/mol. The van der Waals surface area contributed by atoms with Gasteiger partial charge >= 0.3 is 5.97 Å². The van der Waals surface area contributed by atoms with Crippen molar-refractivity contribution in [2.45, 2.75) is 26.3 Å². The Morgan fingerprint density at radius 2 is 2.11 bits per heavy atom. The highest BCUT2D eigenvalue weighted by atomic mass is 32.2. The number of carbonyl (C=O) groups is 1. The highest BCUT2D eigenvalue weighted by Gasteiger charge is 2.11. The molecule has 0 bridgehead atoms. The minimum atomic E-state index is -3.47. The van der Waals surface area contributed by atoms with E-state index in [4.69, 9.17) is 5.11 Å². The molecule has 0 aliphatic carbocycles. The Morgan fingerprint density at radius 3 is 2.67 bits per heavy atom. The number of nitrogens with one attached hydrogen (secondary N) is 1. The smallest absolute Gasteiger partial charge is 0.303 e. The van der Waals surface area contributed by atoms with Crippen molar-refractivity contribution in [2.24, 2.45) is 0 Å². The van der Waals surface area contributed by atoms with Crippen molar-refractivity contribution in [2.75, 3.05) is 5.75 Å². The predicted octanol–water partition coefficient (Wildman–Crippen LogP) is 0.0692. The molecule has 0 unspecified atom stereocenters. The lowest BCUT2D eigenvalue weighted by molar-refractivity contribution is -0.137. The Kier molecular flexibility index (Phi) is 5.17. The fraction of sp³-hybridized carbons (Fsp3) is 0.500. The molecule has 0 saturated heterocycles. The molecule has 8 heteroatoms. The zero-order valence-electron chi connectivity index (χ0n) is 9.96. The van der Waals surface area contributed by atoms with Crippen molar-refractivity contribution in [3.63, 3.8) is 0 Å². The number of hydrogen-bond donors (Lipinski definition) is 2. The van der Waals surface area contributed by atoms with E-state index >= 15 is 0 Å². The molecule has 18 heavy (non-hydrogen) atoms. The number of carboxylic acids is 1. The van der Waals surface area contributed by atoms with Crippen LogP contribution in [0.3, 0.4) is 0 Å². The summed E-state index contributed by atoms with van der Waals surface area (Å²) < 4.78 is 25.3. The second-order valence-corrected chi connectivity index (χ2v) is 5.71. The first kappa shape index (κ1) is 14.5. The Labute approximate surface area is 105 Å². The van der Waals surface area contributed by atoms with Gasteiger partial charge in [-0.15, -0.1) is 0 Å². The maximum Gasteiger partial charge on any atom is 0.303 e. The van der Waals surface area contributed by atoms with E-state index in [2.05, 4.69) is 14.7 Å². The molecule has 100 valence electrons. The van der Waals surface area contributed by atoms with Gasteiger partial charge in [0, 0.05) is 12.6 Å². The lowest BCUT2D eigenvalue weighted by Gasteiger charge is -2.05. The lowest BCUT2D eigenvalue weighted by atomic mass is 10.3. The maximum atomic E-state index is 11.5. The second-order valence-electron chi connectivity index (χ2n) is 3.79. The zero-order valence-corrected chi connectivity index (χ0v) is 10.8. The van der Waals surface area contributed by atoms with Gasteiger partial charge in [0.1, 0.15) is 0 Å². The molecule has 1 heterocycles. The number of carboxylic acid groups (broad SMARTS) is 1. The second kappa shape index (κ2) is 6.41. The molecule has 1 aromatic heterocycles. The van der Waals surface area contributed by atoms with Gasteiger partial charge in [-0.3, -0.25) is 14.8 Å². The van der Waals surface area contributed by atoms with Crippen LogP contribution < -0.4 is 4.72 Å². The van der Waals surface area contributed by atoms with E-state index in [-0.39, 0.29) is 25.1 Å². The van der Waals surface area contributed by atoms with E-state index in [9.17, 15) is 13.2 Å². The summed E-state index contributed by atoms with van der Waals surface area (Å²) in [5.41, 5.74) is 1.27. The standard InChI is InChI=1S/C10H15N3O4S/c1-8-5-12-9(6-11-8)7-13-18(16,17)4-2-3-10(14)15/h5-6,13H,2-4,7H2,1H3,(H,14,15). The van der Waals surface area contributed by atoms with Crippen molar-refractivity contribution in [3.8, 4) is 0 Å². The Balaban J connectivity index is 2.41. The summed E-state index contributed by atoms with van der Waals surface area (Å²) in [6.45, 7) is 1.84. The monoisotopic (exact) mass is 273 g/mol. The fourth-order valence-electron chi connectivity index (χ4n) is 1.18. The van der Waals surface area contributed by atoms with Gasteiger partial charge < -0.3 is 5.11 Å². The summed E-state index contributed by atoms with van der Waals surface area (Å²) in [5, 5.41) is 8.41. The Hall–Kier alpha value is -1.54. The molecule has 0 aromatic carbocycles. The Morgan fingerprint density at radius 1 is 1.39 bits per heavy atom. The van der Waals surface area contributed by atoms with Crippen LogP contribution in [0, 0.1) is 6.92 Å². The molecule has 0 fully saturated rings.